The average molecular weight is 1410 g/mol. The van der Waals surface area contributed by atoms with E-state index in [9.17, 15) is 44.1 Å². The van der Waals surface area contributed by atoms with Crippen molar-refractivity contribution < 1.29 is 24.9 Å². The van der Waals surface area contributed by atoms with E-state index in [2.05, 4.69) is 46.7 Å². The highest BCUT2D eigenvalue weighted by atomic mass is 16.3. The maximum absolute atomic E-state index is 12.7. The molecule has 22 heteroatoms. The van der Waals surface area contributed by atoms with Crippen molar-refractivity contribution in [2.75, 3.05) is 59.4 Å². The van der Waals surface area contributed by atoms with Crippen molar-refractivity contribution in [2.45, 2.75) is 341 Å². The third kappa shape index (κ3) is 36.9. The molecule has 0 saturated carbocycles. The van der Waals surface area contributed by atoms with Crippen LogP contribution in [-0.4, -0.2) is 152 Å². The zero-order chi connectivity index (χ0) is 73.0. The molecule has 5 rings (SSSR count). The van der Waals surface area contributed by atoms with E-state index in [1.807, 2.05) is 0 Å². The molecule has 3 unspecified atom stereocenters. The molecule has 6 N–H and O–H groups in total. The summed E-state index contributed by atoms with van der Waals surface area (Å²) in [6.45, 7) is 13.8. The fourth-order valence-corrected chi connectivity index (χ4v) is 13.4. The Kier molecular flexibility index (Phi) is 50.4. The van der Waals surface area contributed by atoms with Gasteiger partial charge in [0.1, 0.15) is 0 Å². The van der Waals surface area contributed by atoms with Gasteiger partial charge >= 0.3 is 17.4 Å². The van der Waals surface area contributed by atoms with Crippen LogP contribution in [-0.2, 0) is 46.1 Å². The van der Waals surface area contributed by atoms with Crippen LogP contribution in [0.15, 0.2) is 31.8 Å². The van der Waals surface area contributed by atoms with Crippen molar-refractivity contribution in [3.05, 3.63) is 54.3 Å². The van der Waals surface area contributed by atoms with Gasteiger partial charge in [0.2, 0.25) is 5.91 Å². The molecule has 0 spiro atoms. The van der Waals surface area contributed by atoms with Crippen LogP contribution < -0.4 is 38.4 Å². The van der Waals surface area contributed by atoms with Gasteiger partial charge in [0.25, 0.3) is 11.1 Å². The number of carbonyl (C=O) groups excluding carboxylic acids is 2. The van der Waals surface area contributed by atoms with Gasteiger partial charge in [-0.15, -0.1) is 0 Å². The second-order valence-electron chi connectivity index (χ2n) is 29.0. The molecule has 0 bridgehead atoms. The van der Waals surface area contributed by atoms with Crippen LogP contribution in [0.25, 0.3) is 22.3 Å². The van der Waals surface area contributed by atoms with Crippen LogP contribution in [0.5, 0.6) is 0 Å². The summed E-state index contributed by atoms with van der Waals surface area (Å²) in [5.41, 5.74) is 0.653. The number of hydrogen-bond donors (Lipinski definition) is 6. The molecule has 1 fully saturated rings. The number of imidazole rings is 2. The Morgan fingerprint density at radius 1 is 0.380 bits per heavy atom. The lowest BCUT2D eigenvalue weighted by atomic mass is 10.1. The molecule has 4 aromatic rings. The maximum atomic E-state index is 12.7. The minimum absolute atomic E-state index is 0.0295. The number of imide groups is 1. The molecule has 1 aliphatic rings. The van der Waals surface area contributed by atoms with Crippen molar-refractivity contribution in [3.63, 3.8) is 0 Å². The Morgan fingerprint density at radius 3 is 0.980 bits per heavy atom. The van der Waals surface area contributed by atoms with Gasteiger partial charge in [-0.3, -0.25) is 37.6 Å². The van der Waals surface area contributed by atoms with E-state index >= 15 is 0 Å². The zero-order valence-corrected chi connectivity index (χ0v) is 64.5. The Labute approximate surface area is 602 Å². The summed E-state index contributed by atoms with van der Waals surface area (Å²) in [5.74, 6) is -0.0295. The average Bonchev–Trinajstić information content (AvgIpc) is 1.58. The Hall–Kier alpha value is -5.00. The molecule has 0 aliphatic carbocycles. The van der Waals surface area contributed by atoms with Gasteiger partial charge in [-0.05, 0) is 77.4 Å². The largest absolute Gasteiger partial charge is 0.392 e. The van der Waals surface area contributed by atoms with Crippen molar-refractivity contribution in [1.29, 1.82) is 0 Å². The number of unbranched alkanes of at least 4 members (excludes halogenated alkanes) is 35. The summed E-state index contributed by atoms with van der Waals surface area (Å²) < 4.78 is 8.89. The molecule has 5 heterocycles. The van der Waals surface area contributed by atoms with E-state index in [1.165, 1.54) is 197 Å². The molecular weight excluding hydrogens is 1260 g/mol. The van der Waals surface area contributed by atoms with Gasteiger partial charge in [0, 0.05) is 87.5 Å². The normalized spacial score (nSPS) is 13.6. The third-order valence-corrected chi connectivity index (χ3v) is 19.9. The topological polar surface area (TPSA) is 261 Å². The van der Waals surface area contributed by atoms with Gasteiger partial charge in [-0.1, -0.05) is 245 Å². The third-order valence-electron chi connectivity index (χ3n) is 19.9. The number of nitrogens with one attached hydrogen (secondary N) is 3. The van der Waals surface area contributed by atoms with E-state index in [0.717, 1.165) is 135 Å². The number of urea groups is 1. The number of nitrogens with zero attached hydrogens (tertiary/aromatic N) is 10. The highest BCUT2D eigenvalue weighted by Crippen LogP contribution is 2.17. The number of aliphatic hydroxyl groups excluding tert-OH is 3. The summed E-state index contributed by atoms with van der Waals surface area (Å²) in [5, 5.41) is 40.6. The molecule has 0 aromatic carbocycles. The Morgan fingerprint density at radius 2 is 0.660 bits per heavy atom. The van der Waals surface area contributed by atoms with Gasteiger partial charge in [0.15, 0.2) is 22.3 Å². The van der Waals surface area contributed by atoms with Crippen LogP contribution in [0, 0.1) is 0 Å². The lowest BCUT2D eigenvalue weighted by Gasteiger charge is -2.31. The Balaban J connectivity index is 0.000000392. The first-order valence-electron chi connectivity index (χ1n) is 40.4. The minimum atomic E-state index is -0.307. The lowest BCUT2D eigenvalue weighted by Crippen LogP contribution is -2.50. The van der Waals surface area contributed by atoms with Crippen LogP contribution in [0.1, 0.15) is 310 Å². The summed E-state index contributed by atoms with van der Waals surface area (Å²) in [6.07, 6.45) is 54.7. The molecule has 3 amide bonds. The van der Waals surface area contributed by atoms with E-state index < -0.39 is 0 Å². The number of amides is 3. The van der Waals surface area contributed by atoms with Crippen molar-refractivity contribution >= 4 is 34.3 Å². The number of rotatable bonds is 59. The number of aryl methyl sites for hydroxylation is 4. The summed E-state index contributed by atoms with van der Waals surface area (Å²) >= 11 is 0. The van der Waals surface area contributed by atoms with Crippen LogP contribution in [0.3, 0.4) is 0 Å². The predicted molar refractivity (Wildman–Crippen MR) is 412 cm³/mol. The lowest BCUT2D eigenvalue weighted by molar-refractivity contribution is -0.130. The molecule has 0 radical (unpaired) electrons. The molecule has 22 nitrogen and oxygen atoms in total. The van der Waals surface area contributed by atoms with Crippen molar-refractivity contribution in [1.82, 2.24) is 63.1 Å². The predicted octanol–water partition coefficient (Wildman–Crippen LogP) is 13.2. The fourth-order valence-electron chi connectivity index (χ4n) is 13.4. The number of aromatic nitrogens is 8. The van der Waals surface area contributed by atoms with Crippen molar-refractivity contribution in [3.8, 4) is 0 Å². The first-order valence-corrected chi connectivity index (χ1v) is 40.4. The number of aliphatic hydroxyl groups is 3. The number of carbonyl (C=O) groups is 2. The van der Waals surface area contributed by atoms with Crippen molar-refractivity contribution in [2.24, 2.45) is 28.2 Å². The Bertz CT molecular complexity index is 2990. The molecular formula is C78H145N13O9. The summed E-state index contributed by atoms with van der Waals surface area (Å²) in [4.78, 5) is 85.6. The van der Waals surface area contributed by atoms with Gasteiger partial charge in [0.05, 0.1) is 31.0 Å². The first kappa shape index (κ1) is 89.2. The van der Waals surface area contributed by atoms with E-state index in [1.54, 1.807) is 61.9 Å². The highest BCUT2D eigenvalue weighted by molar-refractivity contribution is 5.96. The smallest absolute Gasteiger partial charge is 0.332 e. The summed E-state index contributed by atoms with van der Waals surface area (Å²) in [7, 11) is 8.61. The van der Waals surface area contributed by atoms with Crippen LogP contribution >= 0.6 is 0 Å². The monoisotopic (exact) mass is 1410 g/mol. The summed E-state index contributed by atoms with van der Waals surface area (Å²) in [6, 6.07) is -0.147. The first-order chi connectivity index (χ1) is 48.5. The van der Waals surface area contributed by atoms with E-state index in [4.69, 9.17) is 0 Å². The fraction of sp³-hybridized carbons (Fsp3) is 0.846. The van der Waals surface area contributed by atoms with E-state index in [-0.39, 0.29) is 52.7 Å². The SMILES string of the molecule is CCCCCCCCCCCCNCC(O)CCCCCCCn1c(=O)c2c(ncn2C)n(C)c1=O.CCCCCCCCCCNCC(O)CCCCCCCn1c(=O)c2c(ncn2C)n(C)c1=O.CCCCCCCCNCC(O)CCCCCCCCCN1C(=O)CCN(C)C1=O. The second-order valence-corrected chi connectivity index (χ2v) is 29.0. The van der Waals surface area contributed by atoms with Gasteiger partial charge < -0.3 is 45.3 Å². The molecule has 1 saturated heterocycles. The highest BCUT2D eigenvalue weighted by Gasteiger charge is 2.29. The molecule has 1 aliphatic heterocycles. The van der Waals surface area contributed by atoms with Crippen LogP contribution in [0.4, 0.5) is 4.79 Å². The molecule has 576 valence electrons. The second kappa shape index (κ2) is 56.5. The standard InChI is InChI=1S/C28H51N5O3.C26H47N5O3.C24H47N3O3/c1-4-5-6-7-8-9-10-11-14-17-20-29-22-24(34)19-16-13-12-15-18-21-33-27(35)25-26(30-23-31(25)2)32(3)28(33)36;1-4-5-6-7-8-9-12-15-18-27-20-22(32)17-14-11-10-13-16-19-31-25(33)23-24(28-21-29(23)2)30(3)26(31)34;1-3-4-5-6-11-14-18-25-21-22(28)16-13-10-8-7-9-12-15-19-27-23(29)17-20-26(2)24(27)30/h23-24,29,34H,4-22H2,1-3H3;21-22,27,32H,4-20H2,1-3H3;22,25,28H,3-21H2,1-2H3. The minimum Gasteiger partial charge on any atom is -0.392 e. The number of fused-ring (bicyclic) bond motifs is 2. The molecule has 4 aromatic heterocycles. The molecule has 3 atom stereocenters. The van der Waals surface area contributed by atoms with Gasteiger partial charge in [-0.2, -0.15) is 0 Å². The number of hydrogen-bond acceptors (Lipinski definition) is 14. The van der Waals surface area contributed by atoms with Gasteiger partial charge in [-0.25, -0.2) is 24.4 Å². The van der Waals surface area contributed by atoms with E-state index in [0.29, 0.717) is 68.0 Å². The quantitative estimate of drug-likeness (QED) is 0.0225. The zero-order valence-electron chi connectivity index (χ0n) is 64.5. The maximum Gasteiger partial charge on any atom is 0.332 e. The van der Waals surface area contributed by atoms with Crippen LogP contribution in [0.2, 0.25) is 0 Å². The molecule has 100 heavy (non-hydrogen) atoms.